The van der Waals surface area contributed by atoms with E-state index in [1.165, 1.54) is 25.9 Å². The molecule has 1 rings (SSSR count). The van der Waals surface area contributed by atoms with Crippen LogP contribution in [0.5, 0.6) is 0 Å². The van der Waals surface area contributed by atoms with Gasteiger partial charge in [-0.2, -0.15) is 5.26 Å². The van der Waals surface area contributed by atoms with Gasteiger partial charge >= 0.3 is 0 Å². The van der Waals surface area contributed by atoms with Gasteiger partial charge in [0.25, 0.3) is 0 Å². The molecule has 0 aromatic carbocycles. The zero-order valence-corrected chi connectivity index (χ0v) is 11.1. The standard InChI is InChI=1S/C13H25N3/c1-11(9-14)10-15-12-5-7-16(8-6-12)13(2,3)4/h11-12,15H,5-8,10H2,1-4H3. The molecule has 1 fully saturated rings. The van der Waals surface area contributed by atoms with Crippen molar-refractivity contribution < 1.29 is 0 Å². The Morgan fingerprint density at radius 3 is 2.38 bits per heavy atom. The summed E-state index contributed by atoms with van der Waals surface area (Å²) in [6.07, 6.45) is 2.41. The quantitative estimate of drug-likeness (QED) is 0.795. The lowest BCUT2D eigenvalue weighted by atomic mass is 9.98. The zero-order valence-electron chi connectivity index (χ0n) is 11.1. The van der Waals surface area contributed by atoms with Gasteiger partial charge in [-0.15, -0.1) is 0 Å². The maximum atomic E-state index is 8.71. The van der Waals surface area contributed by atoms with E-state index in [1.54, 1.807) is 0 Å². The maximum Gasteiger partial charge on any atom is 0.0666 e. The molecule has 0 aromatic heterocycles. The van der Waals surface area contributed by atoms with Crippen LogP contribution in [0.1, 0.15) is 40.5 Å². The fourth-order valence-corrected chi connectivity index (χ4v) is 2.14. The maximum absolute atomic E-state index is 8.71. The van der Waals surface area contributed by atoms with Crippen molar-refractivity contribution in [2.45, 2.75) is 52.1 Å². The van der Waals surface area contributed by atoms with Gasteiger partial charge in [-0.05, 0) is 40.5 Å². The summed E-state index contributed by atoms with van der Waals surface area (Å²) >= 11 is 0. The Balaban J connectivity index is 2.25. The van der Waals surface area contributed by atoms with Gasteiger partial charge in [-0.1, -0.05) is 0 Å². The van der Waals surface area contributed by atoms with Crippen molar-refractivity contribution in [1.82, 2.24) is 10.2 Å². The van der Waals surface area contributed by atoms with Crippen LogP contribution in [-0.4, -0.2) is 36.1 Å². The van der Waals surface area contributed by atoms with E-state index in [4.69, 9.17) is 5.26 Å². The molecule has 0 aliphatic carbocycles. The number of nitriles is 1. The highest BCUT2D eigenvalue weighted by Crippen LogP contribution is 2.20. The molecule has 16 heavy (non-hydrogen) atoms. The van der Waals surface area contributed by atoms with Gasteiger partial charge < -0.3 is 5.32 Å². The molecule has 3 nitrogen and oxygen atoms in total. The molecule has 1 saturated heterocycles. The fourth-order valence-electron chi connectivity index (χ4n) is 2.14. The molecule has 0 spiro atoms. The second kappa shape index (κ2) is 5.65. The Kier molecular flexibility index (Phi) is 4.76. The minimum atomic E-state index is 0.126. The van der Waals surface area contributed by atoms with Crippen molar-refractivity contribution in [3.8, 4) is 6.07 Å². The Bertz CT molecular complexity index is 241. The summed E-state index contributed by atoms with van der Waals surface area (Å²) in [5, 5.41) is 12.2. The Morgan fingerprint density at radius 1 is 1.38 bits per heavy atom. The summed E-state index contributed by atoms with van der Waals surface area (Å²) in [6.45, 7) is 12.0. The molecule has 3 heteroatoms. The van der Waals surface area contributed by atoms with Crippen LogP contribution in [0.15, 0.2) is 0 Å². The lowest BCUT2D eigenvalue weighted by Crippen LogP contribution is -2.50. The first-order valence-corrected chi connectivity index (χ1v) is 6.31. The van der Waals surface area contributed by atoms with Gasteiger partial charge in [0.05, 0.1) is 12.0 Å². The lowest BCUT2D eigenvalue weighted by molar-refractivity contribution is 0.0960. The van der Waals surface area contributed by atoms with Crippen molar-refractivity contribution in [2.24, 2.45) is 5.92 Å². The molecule has 1 heterocycles. The van der Waals surface area contributed by atoms with Gasteiger partial charge in [0.2, 0.25) is 0 Å². The molecule has 0 amide bonds. The average Bonchev–Trinajstić information content (AvgIpc) is 2.25. The largest absolute Gasteiger partial charge is 0.313 e. The summed E-state index contributed by atoms with van der Waals surface area (Å²) in [7, 11) is 0. The predicted octanol–water partition coefficient (Wildman–Crippen LogP) is 2.00. The molecular weight excluding hydrogens is 198 g/mol. The first-order chi connectivity index (χ1) is 7.43. The number of piperidine rings is 1. The number of hydrogen-bond acceptors (Lipinski definition) is 3. The topological polar surface area (TPSA) is 39.1 Å². The van der Waals surface area contributed by atoms with E-state index in [1.807, 2.05) is 6.92 Å². The summed E-state index contributed by atoms with van der Waals surface area (Å²) in [5.74, 6) is 0.126. The Labute approximate surface area is 99.8 Å². The zero-order chi connectivity index (χ0) is 12.2. The van der Waals surface area contributed by atoms with E-state index in [9.17, 15) is 0 Å². The SMILES string of the molecule is CC(C#N)CNC1CCN(C(C)(C)C)CC1. The van der Waals surface area contributed by atoms with Gasteiger partial charge in [0.15, 0.2) is 0 Å². The first-order valence-electron chi connectivity index (χ1n) is 6.31. The Morgan fingerprint density at radius 2 is 1.94 bits per heavy atom. The second-order valence-corrected chi connectivity index (χ2v) is 5.87. The summed E-state index contributed by atoms with van der Waals surface area (Å²) in [4.78, 5) is 2.54. The summed E-state index contributed by atoms with van der Waals surface area (Å²) < 4.78 is 0. The number of likely N-dealkylation sites (tertiary alicyclic amines) is 1. The van der Waals surface area contributed by atoms with Crippen molar-refractivity contribution in [2.75, 3.05) is 19.6 Å². The highest BCUT2D eigenvalue weighted by Gasteiger charge is 2.26. The molecule has 1 atom stereocenters. The van der Waals surface area contributed by atoms with Crippen molar-refractivity contribution in [1.29, 1.82) is 5.26 Å². The minimum Gasteiger partial charge on any atom is -0.313 e. The fraction of sp³-hybridized carbons (Fsp3) is 0.923. The third kappa shape index (κ3) is 4.11. The van der Waals surface area contributed by atoms with Gasteiger partial charge in [-0.25, -0.2) is 0 Å². The van der Waals surface area contributed by atoms with Crippen LogP contribution in [0.2, 0.25) is 0 Å². The molecule has 1 unspecified atom stereocenters. The molecule has 0 bridgehead atoms. The van der Waals surface area contributed by atoms with E-state index < -0.39 is 0 Å². The number of nitrogens with one attached hydrogen (secondary N) is 1. The predicted molar refractivity (Wildman–Crippen MR) is 67.1 cm³/mol. The van der Waals surface area contributed by atoms with E-state index in [0.717, 1.165) is 6.54 Å². The monoisotopic (exact) mass is 223 g/mol. The lowest BCUT2D eigenvalue weighted by Gasteiger charge is -2.41. The third-order valence-corrected chi connectivity index (χ3v) is 3.38. The summed E-state index contributed by atoms with van der Waals surface area (Å²) in [6, 6.07) is 2.87. The molecule has 0 saturated carbocycles. The molecule has 1 N–H and O–H groups in total. The van der Waals surface area contributed by atoms with Gasteiger partial charge in [0.1, 0.15) is 0 Å². The summed E-state index contributed by atoms with van der Waals surface area (Å²) in [5.41, 5.74) is 0.297. The molecule has 92 valence electrons. The van der Waals surface area contributed by atoms with Crippen LogP contribution in [0.3, 0.4) is 0 Å². The molecule has 0 radical (unpaired) electrons. The molecular formula is C13H25N3. The van der Waals surface area contributed by atoms with Crippen LogP contribution in [0.4, 0.5) is 0 Å². The smallest absolute Gasteiger partial charge is 0.0666 e. The molecule has 0 aromatic rings. The van der Waals surface area contributed by atoms with Crippen LogP contribution in [0, 0.1) is 17.2 Å². The van der Waals surface area contributed by atoms with Crippen molar-refractivity contribution in [3.05, 3.63) is 0 Å². The average molecular weight is 223 g/mol. The Hall–Kier alpha value is -0.590. The van der Waals surface area contributed by atoms with E-state index >= 15 is 0 Å². The van der Waals surface area contributed by atoms with Gasteiger partial charge in [0, 0.05) is 31.2 Å². The third-order valence-electron chi connectivity index (χ3n) is 3.38. The van der Waals surface area contributed by atoms with Crippen LogP contribution in [-0.2, 0) is 0 Å². The van der Waals surface area contributed by atoms with E-state index in [2.05, 4.69) is 37.1 Å². The molecule has 1 aliphatic rings. The highest BCUT2D eigenvalue weighted by atomic mass is 15.2. The normalized spacial score (nSPS) is 21.7. The van der Waals surface area contributed by atoms with Crippen LogP contribution < -0.4 is 5.32 Å². The highest BCUT2D eigenvalue weighted by molar-refractivity contribution is 4.86. The molecule has 1 aliphatic heterocycles. The van der Waals surface area contributed by atoms with Crippen LogP contribution >= 0.6 is 0 Å². The van der Waals surface area contributed by atoms with Crippen molar-refractivity contribution in [3.63, 3.8) is 0 Å². The van der Waals surface area contributed by atoms with Gasteiger partial charge in [-0.3, -0.25) is 4.90 Å². The van der Waals surface area contributed by atoms with Crippen molar-refractivity contribution >= 4 is 0 Å². The minimum absolute atomic E-state index is 0.126. The van der Waals surface area contributed by atoms with E-state index in [0.29, 0.717) is 11.6 Å². The van der Waals surface area contributed by atoms with E-state index in [-0.39, 0.29) is 5.92 Å². The number of hydrogen-bond donors (Lipinski definition) is 1. The second-order valence-electron chi connectivity index (χ2n) is 5.87. The number of nitrogens with zero attached hydrogens (tertiary/aromatic N) is 2. The number of rotatable bonds is 3. The van der Waals surface area contributed by atoms with Crippen LogP contribution in [0.25, 0.3) is 0 Å². The first kappa shape index (κ1) is 13.5.